The van der Waals surface area contributed by atoms with E-state index in [9.17, 15) is 18.3 Å². The Hall–Kier alpha value is -0.550. The summed E-state index contributed by atoms with van der Waals surface area (Å²) in [6.45, 7) is 1.74. The van der Waals surface area contributed by atoms with Crippen LogP contribution >= 0.6 is 0 Å². The summed E-state index contributed by atoms with van der Waals surface area (Å²) >= 11 is 0. The predicted molar refractivity (Wildman–Crippen MR) is 46.8 cm³/mol. The third-order valence-electron chi connectivity index (χ3n) is 2.27. The Bertz CT molecular complexity index is 215. The van der Waals surface area contributed by atoms with Crippen molar-refractivity contribution in [1.29, 1.82) is 0 Å². The van der Waals surface area contributed by atoms with Crippen molar-refractivity contribution in [2.24, 2.45) is 0 Å². The van der Waals surface area contributed by atoms with Gasteiger partial charge in [-0.25, -0.2) is 0 Å². The van der Waals surface area contributed by atoms with Crippen molar-refractivity contribution in [1.82, 2.24) is 5.32 Å². The van der Waals surface area contributed by atoms with E-state index in [4.69, 9.17) is 0 Å². The van der Waals surface area contributed by atoms with Gasteiger partial charge in [-0.05, 0) is 19.8 Å². The molecule has 1 aliphatic rings. The van der Waals surface area contributed by atoms with E-state index in [1.807, 2.05) is 0 Å². The minimum Gasteiger partial charge on any atom is -0.393 e. The van der Waals surface area contributed by atoms with Crippen LogP contribution in [0.1, 0.15) is 19.8 Å². The van der Waals surface area contributed by atoms with E-state index in [1.165, 1.54) is 0 Å². The summed E-state index contributed by atoms with van der Waals surface area (Å²) in [5, 5.41) is 11.7. The lowest BCUT2D eigenvalue weighted by Gasteiger charge is -2.33. The molecule has 14 heavy (non-hydrogen) atoms. The molecule has 3 atom stereocenters. The van der Waals surface area contributed by atoms with E-state index in [-0.39, 0.29) is 12.5 Å². The standard InChI is InChI=1S/C9H14F3NO/c1-2-3-6-4-7(14)5-8(13-6)9(10,11)12/h2-3,6-8,13-14H,4-5H2,1H3/b3-2+/t6-,7+,8-/m1/s1. The molecule has 1 saturated heterocycles. The number of allylic oxidation sites excluding steroid dienone is 1. The lowest BCUT2D eigenvalue weighted by molar-refractivity contribution is -0.169. The van der Waals surface area contributed by atoms with Crippen LogP contribution in [0, 0.1) is 0 Å². The second-order valence-electron chi connectivity index (χ2n) is 3.52. The Morgan fingerprint density at radius 3 is 2.50 bits per heavy atom. The van der Waals surface area contributed by atoms with Crippen LogP contribution in [0.5, 0.6) is 0 Å². The largest absolute Gasteiger partial charge is 0.403 e. The molecule has 0 aliphatic carbocycles. The number of alkyl halides is 3. The molecular weight excluding hydrogens is 195 g/mol. The highest BCUT2D eigenvalue weighted by Gasteiger charge is 2.43. The summed E-state index contributed by atoms with van der Waals surface area (Å²) in [4.78, 5) is 0. The van der Waals surface area contributed by atoms with E-state index >= 15 is 0 Å². The smallest absolute Gasteiger partial charge is 0.393 e. The number of rotatable bonds is 1. The molecule has 0 aromatic rings. The molecule has 2 N–H and O–H groups in total. The monoisotopic (exact) mass is 209 g/mol. The van der Waals surface area contributed by atoms with Gasteiger partial charge >= 0.3 is 6.18 Å². The van der Waals surface area contributed by atoms with Crippen LogP contribution in [0.4, 0.5) is 13.2 Å². The maximum absolute atomic E-state index is 12.3. The Morgan fingerprint density at radius 1 is 1.36 bits per heavy atom. The third-order valence-corrected chi connectivity index (χ3v) is 2.27. The zero-order valence-corrected chi connectivity index (χ0v) is 7.88. The topological polar surface area (TPSA) is 32.3 Å². The van der Waals surface area contributed by atoms with Crippen molar-refractivity contribution in [2.45, 2.75) is 44.1 Å². The van der Waals surface area contributed by atoms with Crippen LogP contribution in [-0.2, 0) is 0 Å². The second kappa shape index (κ2) is 4.31. The van der Waals surface area contributed by atoms with Gasteiger partial charge in [0.25, 0.3) is 0 Å². The highest BCUT2D eigenvalue weighted by atomic mass is 19.4. The molecule has 82 valence electrons. The zero-order chi connectivity index (χ0) is 10.8. The van der Waals surface area contributed by atoms with Crippen LogP contribution in [0.15, 0.2) is 12.2 Å². The normalized spacial score (nSPS) is 35.1. The highest BCUT2D eigenvalue weighted by Crippen LogP contribution is 2.28. The number of aliphatic hydroxyl groups excluding tert-OH is 1. The minimum atomic E-state index is -4.28. The Morgan fingerprint density at radius 2 is 2.00 bits per heavy atom. The molecule has 0 unspecified atom stereocenters. The van der Waals surface area contributed by atoms with Crippen molar-refractivity contribution < 1.29 is 18.3 Å². The van der Waals surface area contributed by atoms with Crippen molar-refractivity contribution in [2.75, 3.05) is 0 Å². The fraction of sp³-hybridized carbons (Fsp3) is 0.778. The summed E-state index contributed by atoms with van der Waals surface area (Å²) < 4.78 is 37.0. The van der Waals surface area contributed by atoms with Crippen molar-refractivity contribution in [3.8, 4) is 0 Å². The fourth-order valence-corrected chi connectivity index (χ4v) is 1.65. The summed E-state index contributed by atoms with van der Waals surface area (Å²) in [5.41, 5.74) is 0. The molecule has 1 fully saturated rings. The zero-order valence-electron chi connectivity index (χ0n) is 7.88. The molecule has 0 aromatic heterocycles. The maximum atomic E-state index is 12.3. The molecule has 0 spiro atoms. The van der Waals surface area contributed by atoms with Gasteiger partial charge in [-0.3, -0.25) is 5.32 Å². The van der Waals surface area contributed by atoms with Crippen molar-refractivity contribution in [3.63, 3.8) is 0 Å². The average Bonchev–Trinajstić information content (AvgIpc) is 2.02. The number of hydrogen-bond acceptors (Lipinski definition) is 2. The molecule has 0 aromatic carbocycles. The molecule has 1 aliphatic heterocycles. The predicted octanol–water partition coefficient (Wildman–Crippen LogP) is 1.61. The van der Waals surface area contributed by atoms with Gasteiger partial charge in [-0.15, -0.1) is 0 Å². The summed E-state index contributed by atoms with van der Waals surface area (Å²) in [6, 6.07) is -1.97. The lowest BCUT2D eigenvalue weighted by atomic mass is 9.95. The second-order valence-corrected chi connectivity index (χ2v) is 3.52. The summed E-state index contributed by atoms with van der Waals surface area (Å²) in [6.07, 6.45) is -1.73. The first-order valence-electron chi connectivity index (χ1n) is 4.57. The molecule has 2 nitrogen and oxygen atoms in total. The van der Waals surface area contributed by atoms with Gasteiger partial charge in [0.1, 0.15) is 6.04 Å². The van der Waals surface area contributed by atoms with E-state index in [2.05, 4.69) is 5.32 Å². The van der Waals surface area contributed by atoms with Gasteiger partial charge in [-0.2, -0.15) is 13.2 Å². The van der Waals surface area contributed by atoms with Crippen LogP contribution < -0.4 is 5.32 Å². The minimum absolute atomic E-state index is 0.252. The van der Waals surface area contributed by atoms with Gasteiger partial charge in [-0.1, -0.05) is 12.2 Å². The van der Waals surface area contributed by atoms with E-state index < -0.39 is 18.3 Å². The summed E-state index contributed by atoms with van der Waals surface area (Å²) in [7, 11) is 0. The molecule has 0 bridgehead atoms. The Labute approximate surface area is 80.8 Å². The van der Waals surface area contributed by atoms with Gasteiger partial charge in [0.2, 0.25) is 0 Å². The average molecular weight is 209 g/mol. The first kappa shape index (κ1) is 11.5. The van der Waals surface area contributed by atoms with Gasteiger partial charge in [0, 0.05) is 6.04 Å². The molecule has 0 radical (unpaired) electrons. The Kier molecular flexibility index (Phi) is 3.55. The summed E-state index contributed by atoms with van der Waals surface area (Å²) in [5.74, 6) is 0. The molecule has 1 rings (SSSR count). The number of halogens is 3. The number of nitrogens with one attached hydrogen (secondary N) is 1. The molecule has 1 heterocycles. The van der Waals surface area contributed by atoms with E-state index in [1.54, 1.807) is 19.1 Å². The number of aliphatic hydroxyl groups is 1. The molecule has 0 saturated carbocycles. The van der Waals surface area contributed by atoms with Crippen LogP contribution in [0.25, 0.3) is 0 Å². The fourth-order valence-electron chi connectivity index (χ4n) is 1.65. The van der Waals surface area contributed by atoms with Gasteiger partial charge in [0.05, 0.1) is 6.10 Å². The van der Waals surface area contributed by atoms with Crippen LogP contribution in [0.2, 0.25) is 0 Å². The lowest BCUT2D eigenvalue weighted by Crippen LogP contribution is -2.53. The molecule has 0 amide bonds. The maximum Gasteiger partial charge on any atom is 0.403 e. The SMILES string of the molecule is C/C=C/[C@@H]1C[C@H](O)C[C@H](C(F)(F)F)N1. The Balaban J connectivity index is 2.63. The van der Waals surface area contributed by atoms with Crippen LogP contribution in [-0.4, -0.2) is 29.5 Å². The van der Waals surface area contributed by atoms with Crippen molar-refractivity contribution in [3.05, 3.63) is 12.2 Å². The van der Waals surface area contributed by atoms with Crippen molar-refractivity contribution >= 4 is 0 Å². The van der Waals surface area contributed by atoms with Crippen LogP contribution in [0.3, 0.4) is 0 Å². The molecular formula is C9H14F3NO. The quantitative estimate of drug-likeness (QED) is 0.643. The molecule has 5 heteroatoms. The first-order valence-corrected chi connectivity index (χ1v) is 4.57. The van der Waals surface area contributed by atoms with E-state index in [0.29, 0.717) is 6.42 Å². The number of hydrogen-bond donors (Lipinski definition) is 2. The highest BCUT2D eigenvalue weighted by molar-refractivity contribution is 4.99. The van der Waals surface area contributed by atoms with Gasteiger partial charge < -0.3 is 5.11 Å². The number of piperidine rings is 1. The first-order chi connectivity index (χ1) is 6.43. The van der Waals surface area contributed by atoms with E-state index in [0.717, 1.165) is 0 Å². The third kappa shape index (κ3) is 2.99. The van der Waals surface area contributed by atoms with Gasteiger partial charge in [0.15, 0.2) is 0 Å².